The monoisotopic (exact) mass is 293 g/mol. The van der Waals surface area contributed by atoms with Gasteiger partial charge in [-0.25, -0.2) is 8.78 Å². The maximum Gasteiger partial charge on any atom is 0.273 e. The number of hydrogen-bond donors (Lipinski definition) is 2. The van der Waals surface area contributed by atoms with Crippen LogP contribution in [0.5, 0.6) is 0 Å². The molecule has 3 N–H and O–H groups in total. The average molecular weight is 293 g/mol. The van der Waals surface area contributed by atoms with Crippen LogP contribution >= 0.6 is 0 Å². The Kier molecular flexibility index (Phi) is 3.79. The van der Waals surface area contributed by atoms with E-state index in [4.69, 9.17) is 5.73 Å². The van der Waals surface area contributed by atoms with Gasteiger partial charge in [0.15, 0.2) is 0 Å². The number of anilines is 2. The predicted octanol–water partition coefficient (Wildman–Crippen LogP) is 2.71. The first kappa shape index (κ1) is 14.4. The number of nitro benzene ring substituents is 1. The Labute approximate surface area is 117 Å². The van der Waals surface area contributed by atoms with Crippen LogP contribution in [-0.4, -0.2) is 10.8 Å². The fourth-order valence-corrected chi connectivity index (χ4v) is 1.64. The van der Waals surface area contributed by atoms with Crippen molar-refractivity contribution in [3.8, 4) is 0 Å². The number of hydrogen-bond acceptors (Lipinski definition) is 4. The van der Waals surface area contributed by atoms with Gasteiger partial charge in [0.25, 0.3) is 11.6 Å². The highest BCUT2D eigenvalue weighted by Crippen LogP contribution is 2.20. The normalized spacial score (nSPS) is 10.2. The number of nitro groups is 1. The number of nitrogen functional groups attached to an aromatic ring is 1. The molecule has 0 saturated heterocycles. The number of non-ortho nitro benzene ring substituents is 1. The summed E-state index contributed by atoms with van der Waals surface area (Å²) in [6.07, 6.45) is 0. The van der Waals surface area contributed by atoms with E-state index in [0.717, 1.165) is 18.2 Å². The van der Waals surface area contributed by atoms with E-state index in [-0.39, 0.29) is 16.9 Å². The highest BCUT2D eigenvalue weighted by atomic mass is 19.1. The Morgan fingerprint density at radius 2 is 1.90 bits per heavy atom. The fraction of sp³-hybridized carbons (Fsp3) is 0. The van der Waals surface area contributed by atoms with Crippen molar-refractivity contribution in [1.29, 1.82) is 0 Å². The summed E-state index contributed by atoms with van der Waals surface area (Å²) in [6, 6.07) is 5.92. The van der Waals surface area contributed by atoms with Crippen LogP contribution in [-0.2, 0) is 0 Å². The first-order valence-electron chi connectivity index (χ1n) is 5.68. The zero-order valence-corrected chi connectivity index (χ0v) is 10.5. The van der Waals surface area contributed by atoms with E-state index in [2.05, 4.69) is 5.32 Å². The summed E-state index contributed by atoms with van der Waals surface area (Å²) in [7, 11) is 0. The topological polar surface area (TPSA) is 98.3 Å². The molecule has 0 fully saturated rings. The summed E-state index contributed by atoms with van der Waals surface area (Å²) >= 11 is 0. The number of halogens is 2. The standard InChI is InChI=1S/C13H9F2N3O3/c14-8-3-7(4-10(5-8)18(20)21)13(19)17-12-6-9(16)1-2-11(12)15/h1-6H,16H2,(H,17,19). The smallest absolute Gasteiger partial charge is 0.273 e. The fourth-order valence-electron chi connectivity index (χ4n) is 1.64. The molecule has 2 aromatic carbocycles. The number of nitrogens with one attached hydrogen (secondary N) is 1. The predicted molar refractivity (Wildman–Crippen MR) is 71.8 cm³/mol. The zero-order chi connectivity index (χ0) is 15.6. The molecule has 0 spiro atoms. The lowest BCUT2D eigenvalue weighted by atomic mass is 10.1. The molecule has 8 heteroatoms. The number of rotatable bonds is 3. The van der Waals surface area contributed by atoms with Crippen molar-refractivity contribution in [1.82, 2.24) is 0 Å². The lowest BCUT2D eigenvalue weighted by Gasteiger charge is -2.07. The number of carbonyl (C=O) groups is 1. The number of nitrogens with two attached hydrogens (primary N) is 1. The van der Waals surface area contributed by atoms with Crippen molar-refractivity contribution < 1.29 is 18.5 Å². The largest absolute Gasteiger partial charge is 0.399 e. The van der Waals surface area contributed by atoms with Crippen molar-refractivity contribution in [2.45, 2.75) is 0 Å². The minimum absolute atomic E-state index is 0.202. The molecule has 0 radical (unpaired) electrons. The van der Waals surface area contributed by atoms with Crippen molar-refractivity contribution >= 4 is 23.0 Å². The summed E-state index contributed by atoms with van der Waals surface area (Å²) in [4.78, 5) is 21.7. The summed E-state index contributed by atoms with van der Waals surface area (Å²) < 4.78 is 26.7. The van der Waals surface area contributed by atoms with Crippen LogP contribution in [0.1, 0.15) is 10.4 Å². The second kappa shape index (κ2) is 5.53. The van der Waals surface area contributed by atoms with E-state index in [1.807, 2.05) is 0 Å². The minimum atomic E-state index is -0.942. The van der Waals surface area contributed by atoms with Crippen LogP contribution in [0.3, 0.4) is 0 Å². The van der Waals surface area contributed by atoms with E-state index in [1.165, 1.54) is 12.1 Å². The van der Waals surface area contributed by atoms with Crippen molar-refractivity contribution in [3.63, 3.8) is 0 Å². The van der Waals surface area contributed by atoms with Crippen LogP contribution < -0.4 is 11.1 Å². The van der Waals surface area contributed by atoms with Gasteiger partial charge in [0.05, 0.1) is 16.7 Å². The Bertz CT molecular complexity index is 735. The summed E-state index contributed by atoms with van der Waals surface area (Å²) in [5, 5.41) is 12.8. The van der Waals surface area contributed by atoms with E-state index in [9.17, 15) is 23.7 Å². The summed E-state index contributed by atoms with van der Waals surface area (Å²) in [5.41, 5.74) is 4.60. The van der Waals surface area contributed by atoms with Gasteiger partial charge in [0.1, 0.15) is 11.6 Å². The first-order valence-corrected chi connectivity index (χ1v) is 5.68. The zero-order valence-electron chi connectivity index (χ0n) is 10.5. The van der Waals surface area contributed by atoms with Crippen LogP contribution in [0.4, 0.5) is 25.8 Å². The van der Waals surface area contributed by atoms with E-state index in [1.54, 1.807) is 0 Å². The highest BCUT2D eigenvalue weighted by Gasteiger charge is 2.16. The SMILES string of the molecule is Nc1ccc(F)c(NC(=O)c2cc(F)cc([N+](=O)[O-])c2)c1. The second-order valence-corrected chi connectivity index (χ2v) is 4.15. The van der Waals surface area contributed by atoms with Gasteiger partial charge in [-0.3, -0.25) is 14.9 Å². The molecule has 0 unspecified atom stereocenters. The maximum atomic E-state index is 13.5. The molecule has 108 valence electrons. The Hall–Kier alpha value is -3.03. The number of amides is 1. The molecule has 0 aliphatic carbocycles. The van der Waals surface area contributed by atoms with E-state index in [0.29, 0.717) is 6.07 Å². The minimum Gasteiger partial charge on any atom is -0.399 e. The van der Waals surface area contributed by atoms with E-state index >= 15 is 0 Å². The van der Waals surface area contributed by atoms with E-state index < -0.39 is 28.2 Å². The number of benzene rings is 2. The molecular weight excluding hydrogens is 284 g/mol. The van der Waals surface area contributed by atoms with Crippen molar-refractivity contribution in [3.05, 3.63) is 63.7 Å². The molecule has 0 bridgehead atoms. The molecule has 0 saturated carbocycles. The summed E-state index contributed by atoms with van der Waals surface area (Å²) in [5.74, 6) is -2.56. The molecule has 0 aromatic heterocycles. The van der Waals surface area contributed by atoms with Gasteiger partial charge in [-0.05, 0) is 24.3 Å². The van der Waals surface area contributed by atoms with Crippen LogP contribution in [0.25, 0.3) is 0 Å². The molecular formula is C13H9F2N3O3. The Morgan fingerprint density at radius 1 is 1.19 bits per heavy atom. The Balaban J connectivity index is 2.32. The molecule has 6 nitrogen and oxygen atoms in total. The van der Waals surface area contributed by atoms with Crippen LogP contribution in [0.15, 0.2) is 36.4 Å². The second-order valence-electron chi connectivity index (χ2n) is 4.15. The molecule has 2 aromatic rings. The number of nitrogens with zero attached hydrogens (tertiary/aromatic N) is 1. The van der Waals surface area contributed by atoms with Gasteiger partial charge in [0.2, 0.25) is 0 Å². The third-order valence-electron chi connectivity index (χ3n) is 2.59. The third kappa shape index (κ3) is 3.30. The maximum absolute atomic E-state index is 13.5. The Morgan fingerprint density at radius 3 is 2.57 bits per heavy atom. The molecule has 0 atom stereocenters. The van der Waals surface area contributed by atoms with Gasteiger partial charge in [-0.1, -0.05) is 0 Å². The van der Waals surface area contributed by atoms with Gasteiger partial charge >= 0.3 is 0 Å². The quantitative estimate of drug-likeness (QED) is 0.516. The first-order chi connectivity index (χ1) is 9.86. The molecule has 0 heterocycles. The molecule has 21 heavy (non-hydrogen) atoms. The third-order valence-corrected chi connectivity index (χ3v) is 2.59. The highest BCUT2D eigenvalue weighted by molar-refractivity contribution is 6.04. The van der Waals surface area contributed by atoms with Gasteiger partial charge in [-0.15, -0.1) is 0 Å². The molecule has 2 rings (SSSR count). The lowest BCUT2D eigenvalue weighted by molar-refractivity contribution is -0.385. The average Bonchev–Trinajstić information content (AvgIpc) is 2.42. The molecule has 0 aliphatic rings. The van der Waals surface area contributed by atoms with Gasteiger partial charge in [0, 0.05) is 17.3 Å². The van der Waals surface area contributed by atoms with Gasteiger partial charge < -0.3 is 11.1 Å². The van der Waals surface area contributed by atoms with Gasteiger partial charge in [-0.2, -0.15) is 0 Å². The molecule has 0 aliphatic heterocycles. The van der Waals surface area contributed by atoms with Crippen LogP contribution in [0.2, 0.25) is 0 Å². The lowest BCUT2D eigenvalue weighted by Crippen LogP contribution is -2.14. The summed E-state index contributed by atoms with van der Waals surface area (Å²) in [6.45, 7) is 0. The van der Waals surface area contributed by atoms with Crippen LogP contribution in [0, 0.1) is 21.7 Å². The molecule has 1 amide bonds. The van der Waals surface area contributed by atoms with Crippen molar-refractivity contribution in [2.24, 2.45) is 0 Å². The number of carbonyl (C=O) groups excluding carboxylic acids is 1. The van der Waals surface area contributed by atoms with Crippen molar-refractivity contribution in [2.75, 3.05) is 11.1 Å².